The molecule has 96 valence electrons. The van der Waals surface area contributed by atoms with Gasteiger partial charge in [-0.15, -0.1) is 0 Å². The maximum atomic E-state index is 12.2. The lowest BCUT2D eigenvalue weighted by Crippen LogP contribution is -2.41. The van der Waals surface area contributed by atoms with Crippen LogP contribution in [0.4, 0.5) is 0 Å². The Hall–Kier alpha value is -1.69. The van der Waals surface area contributed by atoms with E-state index in [-0.39, 0.29) is 42.0 Å². The fourth-order valence-electron chi connectivity index (χ4n) is 3.41. The number of likely N-dealkylation sites (tertiary alicyclic amines) is 1. The second kappa shape index (κ2) is 3.91. The van der Waals surface area contributed by atoms with Gasteiger partial charge in [0.25, 0.3) is 5.91 Å². The van der Waals surface area contributed by atoms with Crippen molar-refractivity contribution in [1.82, 2.24) is 10.4 Å². The van der Waals surface area contributed by atoms with E-state index in [1.807, 2.05) is 12.2 Å². The predicted octanol–water partition coefficient (Wildman–Crippen LogP) is -0.529. The van der Waals surface area contributed by atoms with Crippen LogP contribution in [0, 0.1) is 23.7 Å². The zero-order valence-electron chi connectivity index (χ0n) is 9.96. The molecule has 3 aliphatic rings. The standard InChI is InChI=1S/C12H14N2O4/c1-18-13-8(15)5-14-11(16)9-6-2-3-7(4-6)10(9)12(14)17/h2-3,6-7,9-10H,4-5H2,1H3,(H,13,15). The molecule has 1 aliphatic heterocycles. The van der Waals surface area contributed by atoms with E-state index >= 15 is 0 Å². The molecule has 18 heavy (non-hydrogen) atoms. The van der Waals surface area contributed by atoms with Crippen LogP contribution in [0.25, 0.3) is 0 Å². The summed E-state index contributed by atoms with van der Waals surface area (Å²) in [6.45, 7) is -0.252. The van der Waals surface area contributed by atoms with Crippen LogP contribution >= 0.6 is 0 Å². The second-order valence-corrected chi connectivity index (χ2v) is 4.99. The number of hydrogen-bond donors (Lipinski definition) is 1. The van der Waals surface area contributed by atoms with Crippen LogP contribution < -0.4 is 5.48 Å². The van der Waals surface area contributed by atoms with E-state index in [9.17, 15) is 14.4 Å². The molecule has 4 unspecified atom stereocenters. The summed E-state index contributed by atoms with van der Waals surface area (Å²) in [7, 11) is 1.31. The van der Waals surface area contributed by atoms with Gasteiger partial charge in [-0.25, -0.2) is 5.48 Å². The van der Waals surface area contributed by atoms with Crippen molar-refractivity contribution in [3.63, 3.8) is 0 Å². The summed E-state index contributed by atoms with van der Waals surface area (Å²) < 4.78 is 0. The van der Waals surface area contributed by atoms with Crippen LogP contribution in [0.15, 0.2) is 12.2 Å². The van der Waals surface area contributed by atoms with E-state index < -0.39 is 5.91 Å². The lowest BCUT2D eigenvalue weighted by atomic mass is 9.85. The average Bonchev–Trinajstić information content (AvgIpc) is 2.99. The lowest BCUT2D eigenvalue weighted by Gasteiger charge is -2.16. The maximum absolute atomic E-state index is 12.2. The molecule has 0 aromatic heterocycles. The number of amides is 3. The Labute approximate surface area is 104 Å². The normalized spacial score (nSPS) is 36.4. The van der Waals surface area contributed by atoms with E-state index in [2.05, 4.69) is 10.3 Å². The summed E-state index contributed by atoms with van der Waals surface area (Å²) in [5.74, 6) is -1.06. The molecule has 0 aromatic rings. The van der Waals surface area contributed by atoms with E-state index in [0.29, 0.717) is 0 Å². The van der Waals surface area contributed by atoms with Gasteiger partial charge in [0.05, 0.1) is 18.9 Å². The van der Waals surface area contributed by atoms with Gasteiger partial charge in [-0.3, -0.25) is 24.1 Å². The van der Waals surface area contributed by atoms with Crippen LogP contribution in [-0.4, -0.2) is 36.3 Å². The van der Waals surface area contributed by atoms with Crippen molar-refractivity contribution in [2.45, 2.75) is 6.42 Å². The molecule has 2 fully saturated rings. The van der Waals surface area contributed by atoms with Gasteiger partial charge in [0.1, 0.15) is 6.54 Å². The molecule has 2 aliphatic carbocycles. The summed E-state index contributed by atoms with van der Waals surface area (Å²) in [6.07, 6.45) is 4.94. The zero-order chi connectivity index (χ0) is 12.9. The van der Waals surface area contributed by atoms with Crippen LogP contribution in [-0.2, 0) is 19.2 Å². The van der Waals surface area contributed by atoms with Crippen molar-refractivity contribution in [3.8, 4) is 0 Å². The van der Waals surface area contributed by atoms with Gasteiger partial charge in [0.15, 0.2) is 0 Å². The minimum atomic E-state index is -0.487. The highest BCUT2D eigenvalue weighted by molar-refractivity contribution is 6.08. The molecule has 6 nitrogen and oxygen atoms in total. The smallest absolute Gasteiger partial charge is 0.263 e. The van der Waals surface area contributed by atoms with Crippen molar-refractivity contribution in [2.75, 3.05) is 13.7 Å². The molecule has 1 heterocycles. The van der Waals surface area contributed by atoms with Gasteiger partial charge >= 0.3 is 0 Å². The Balaban J connectivity index is 1.78. The number of rotatable bonds is 3. The highest BCUT2D eigenvalue weighted by atomic mass is 16.6. The maximum Gasteiger partial charge on any atom is 0.263 e. The minimum Gasteiger partial charge on any atom is -0.277 e. The first-order valence-electron chi connectivity index (χ1n) is 5.99. The quantitative estimate of drug-likeness (QED) is 0.415. The van der Waals surface area contributed by atoms with Crippen molar-refractivity contribution in [1.29, 1.82) is 0 Å². The van der Waals surface area contributed by atoms with E-state index in [1.54, 1.807) is 0 Å². The first kappa shape index (κ1) is 11.4. The highest BCUT2D eigenvalue weighted by Gasteiger charge is 2.59. The number of allylic oxidation sites excluding steroid dienone is 2. The SMILES string of the molecule is CONC(=O)CN1C(=O)C2C3C=CC(C3)C2C1=O. The van der Waals surface area contributed by atoms with Crippen LogP contribution in [0.1, 0.15) is 6.42 Å². The highest BCUT2D eigenvalue weighted by Crippen LogP contribution is 2.52. The Kier molecular flexibility index (Phi) is 2.48. The summed E-state index contributed by atoms with van der Waals surface area (Å²) >= 11 is 0. The number of carbonyl (C=O) groups is 3. The second-order valence-electron chi connectivity index (χ2n) is 4.99. The van der Waals surface area contributed by atoms with Crippen molar-refractivity contribution in [3.05, 3.63) is 12.2 Å². The zero-order valence-corrected chi connectivity index (χ0v) is 9.96. The molecule has 3 amide bonds. The van der Waals surface area contributed by atoms with Crippen molar-refractivity contribution >= 4 is 17.7 Å². The fraction of sp³-hybridized carbons (Fsp3) is 0.583. The third kappa shape index (κ3) is 1.42. The number of hydrogen-bond acceptors (Lipinski definition) is 4. The summed E-state index contributed by atoms with van der Waals surface area (Å²) in [5.41, 5.74) is 2.12. The summed E-state index contributed by atoms with van der Waals surface area (Å²) in [4.78, 5) is 41.3. The molecule has 4 atom stereocenters. The largest absolute Gasteiger partial charge is 0.277 e. The van der Waals surface area contributed by atoms with E-state index in [0.717, 1.165) is 11.3 Å². The predicted molar refractivity (Wildman–Crippen MR) is 59.6 cm³/mol. The third-order valence-electron chi connectivity index (χ3n) is 4.08. The molecule has 2 bridgehead atoms. The summed E-state index contributed by atoms with van der Waals surface area (Å²) in [5, 5.41) is 0. The topological polar surface area (TPSA) is 75.7 Å². The van der Waals surface area contributed by atoms with Crippen LogP contribution in [0.3, 0.4) is 0 Å². The Morgan fingerprint density at radius 1 is 1.33 bits per heavy atom. The molecule has 3 rings (SSSR count). The fourth-order valence-corrected chi connectivity index (χ4v) is 3.41. The summed E-state index contributed by atoms with van der Waals surface area (Å²) in [6, 6.07) is 0. The number of fused-ring (bicyclic) bond motifs is 5. The molecule has 1 saturated carbocycles. The third-order valence-corrected chi connectivity index (χ3v) is 4.08. The van der Waals surface area contributed by atoms with Gasteiger partial charge in [0, 0.05) is 0 Å². The number of imide groups is 1. The van der Waals surface area contributed by atoms with Crippen molar-refractivity contribution < 1.29 is 19.2 Å². The molecule has 1 saturated heterocycles. The minimum absolute atomic E-state index is 0.173. The molecule has 0 aromatic carbocycles. The molecule has 0 spiro atoms. The first-order chi connectivity index (χ1) is 8.63. The van der Waals surface area contributed by atoms with Gasteiger partial charge in [-0.05, 0) is 18.3 Å². The van der Waals surface area contributed by atoms with Crippen LogP contribution in [0.5, 0.6) is 0 Å². The Morgan fingerprint density at radius 2 is 1.89 bits per heavy atom. The number of carbonyl (C=O) groups excluding carboxylic acids is 3. The molecular weight excluding hydrogens is 236 g/mol. The number of nitrogens with one attached hydrogen (secondary N) is 1. The molecular formula is C12H14N2O4. The van der Waals surface area contributed by atoms with Crippen molar-refractivity contribution in [2.24, 2.45) is 23.7 Å². The molecule has 6 heteroatoms. The van der Waals surface area contributed by atoms with E-state index in [1.165, 1.54) is 7.11 Å². The lowest BCUT2D eigenvalue weighted by molar-refractivity contribution is -0.147. The first-order valence-corrected chi connectivity index (χ1v) is 5.99. The average molecular weight is 250 g/mol. The monoisotopic (exact) mass is 250 g/mol. The number of hydroxylamine groups is 1. The van der Waals surface area contributed by atoms with Gasteiger partial charge in [0.2, 0.25) is 11.8 Å². The molecule has 1 N–H and O–H groups in total. The number of nitrogens with zero attached hydrogens (tertiary/aromatic N) is 1. The Bertz CT molecular complexity index is 429. The van der Waals surface area contributed by atoms with Gasteiger partial charge in [-0.2, -0.15) is 0 Å². The van der Waals surface area contributed by atoms with Crippen LogP contribution in [0.2, 0.25) is 0 Å². The van der Waals surface area contributed by atoms with Gasteiger partial charge in [-0.1, -0.05) is 12.2 Å². The van der Waals surface area contributed by atoms with E-state index in [4.69, 9.17) is 0 Å². The Morgan fingerprint density at radius 3 is 2.39 bits per heavy atom. The molecule has 0 radical (unpaired) electrons. The van der Waals surface area contributed by atoms with Gasteiger partial charge < -0.3 is 0 Å².